The maximum absolute atomic E-state index is 13.5. The van der Waals surface area contributed by atoms with Gasteiger partial charge in [-0.15, -0.1) is 0 Å². The van der Waals surface area contributed by atoms with Crippen LogP contribution in [0.1, 0.15) is 47.2 Å². The average Bonchev–Trinajstić information content (AvgIpc) is 2.86. The minimum absolute atomic E-state index is 0. The van der Waals surface area contributed by atoms with Gasteiger partial charge in [-0.2, -0.15) is 0 Å². The summed E-state index contributed by atoms with van der Waals surface area (Å²) in [5.41, 5.74) is 2.97. The summed E-state index contributed by atoms with van der Waals surface area (Å²) in [5, 5.41) is 3.43. The number of H-pyrrole nitrogens is 1. The number of ether oxygens (including phenoxy) is 1. The quantitative estimate of drug-likeness (QED) is 0.601. The van der Waals surface area contributed by atoms with Crippen LogP contribution in [0.25, 0.3) is 10.9 Å². The first-order valence-electron chi connectivity index (χ1n) is 11.5. The third kappa shape index (κ3) is 4.45. The molecule has 1 saturated heterocycles. The number of nitrogens with zero attached hydrogens (tertiary/aromatic N) is 3. The van der Waals surface area contributed by atoms with E-state index in [4.69, 9.17) is 4.74 Å². The number of hydrogen-bond acceptors (Lipinski definition) is 6. The van der Waals surface area contributed by atoms with E-state index in [1.54, 1.807) is 25.4 Å². The summed E-state index contributed by atoms with van der Waals surface area (Å²) >= 11 is 0. The minimum atomic E-state index is -0.224. The molecule has 3 aromatic rings. The Morgan fingerprint density at radius 1 is 1.23 bits per heavy atom. The first-order valence-corrected chi connectivity index (χ1v) is 11.5. The van der Waals surface area contributed by atoms with E-state index in [0.717, 1.165) is 11.1 Å². The molecule has 0 bridgehead atoms. The summed E-state index contributed by atoms with van der Waals surface area (Å²) in [7, 11) is 1.58. The second kappa shape index (κ2) is 9.77. The second-order valence-corrected chi connectivity index (χ2v) is 8.63. The Bertz CT molecular complexity index is 1320. The average molecular weight is 478 g/mol. The van der Waals surface area contributed by atoms with Crippen LogP contribution in [0, 0.1) is 0 Å². The number of hydrogen-bond donors (Lipinski definition) is 2. The van der Waals surface area contributed by atoms with Gasteiger partial charge in [0.25, 0.3) is 17.4 Å². The molecule has 2 aromatic heterocycles. The molecule has 0 aliphatic carbocycles. The van der Waals surface area contributed by atoms with Crippen LogP contribution in [0.15, 0.2) is 41.3 Å². The van der Waals surface area contributed by atoms with Gasteiger partial charge >= 0.3 is 0 Å². The van der Waals surface area contributed by atoms with E-state index in [2.05, 4.69) is 20.2 Å². The normalized spacial score (nSPS) is 17.4. The predicted molar refractivity (Wildman–Crippen MR) is 135 cm³/mol. The molecule has 0 spiro atoms. The minimum Gasteiger partial charge on any atom is -0.493 e. The van der Waals surface area contributed by atoms with Crippen LogP contribution in [0.2, 0.25) is 0 Å². The number of fused-ring (bicyclic) bond motifs is 3. The van der Waals surface area contributed by atoms with Gasteiger partial charge in [0.1, 0.15) is 11.4 Å². The highest BCUT2D eigenvalue weighted by atomic mass is 16.5. The molecule has 2 aliphatic heterocycles. The Morgan fingerprint density at radius 2 is 2.06 bits per heavy atom. The zero-order chi connectivity index (χ0) is 23.8. The van der Waals surface area contributed by atoms with E-state index in [1.807, 2.05) is 30.0 Å². The lowest BCUT2D eigenvalue weighted by atomic mass is 10.0. The van der Waals surface area contributed by atoms with Gasteiger partial charge in [0.2, 0.25) is 0 Å². The summed E-state index contributed by atoms with van der Waals surface area (Å²) < 4.78 is 6.04. The summed E-state index contributed by atoms with van der Waals surface area (Å²) in [6, 6.07) is 9.03. The van der Waals surface area contributed by atoms with Gasteiger partial charge in [-0.1, -0.05) is 14.4 Å². The maximum atomic E-state index is 13.5. The number of carbonyl (C=O) groups is 2. The van der Waals surface area contributed by atoms with E-state index < -0.39 is 0 Å². The molecule has 2 N–H and O–H groups in total. The van der Waals surface area contributed by atoms with Crippen LogP contribution >= 0.6 is 0 Å². The predicted octanol–water partition coefficient (Wildman–Crippen LogP) is 2.59. The van der Waals surface area contributed by atoms with Gasteiger partial charge in [0, 0.05) is 49.6 Å². The van der Waals surface area contributed by atoms with Gasteiger partial charge in [-0.3, -0.25) is 14.4 Å². The smallest absolute Gasteiger partial charge is 0.269 e. The van der Waals surface area contributed by atoms with Gasteiger partial charge in [0.05, 0.1) is 30.1 Å². The van der Waals surface area contributed by atoms with Gasteiger partial charge in [-0.25, -0.2) is 4.98 Å². The van der Waals surface area contributed by atoms with E-state index in [1.165, 1.54) is 0 Å². The van der Waals surface area contributed by atoms with Crippen LogP contribution in [0.3, 0.4) is 0 Å². The van der Waals surface area contributed by atoms with Crippen molar-refractivity contribution in [3.63, 3.8) is 0 Å². The lowest BCUT2D eigenvalue weighted by Crippen LogP contribution is -2.56. The number of aryl methyl sites for hydroxylation is 1. The van der Waals surface area contributed by atoms with Crippen molar-refractivity contribution < 1.29 is 14.3 Å². The van der Waals surface area contributed by atoms with Crippen LogP contribution < -0.4 is 20.5 Å². The van der Waals surface area contributed by atoms with Crippen molar-refractivity contribution in [3.05, 3.63) is 63.7 Å². The van der Waals surface area contributed by atoms with E-state index in [9.17, 15) is 14.4 Å². The molecule has 9 heteroatoms. The van der Waals surface area contributed by atoms with Gasteiger partial charge in [-0.05, 0) is 36.8 Å². The fourth-order valence-electron chi connectivity index (χ4n) is 4.73. The van der Waals surface area contributed by atoms with Crippen molar-refractivity contribution in [3.8, 4) is 5.75 Å². The van der Waals surface area contributed by atoms with Crippen LogP contribution in [0.4, 0.5) is 5.69 Å². The number of aromatic nitrogens is 2. The number of carbonyl (C=O) groups excluding carboxylic acids is 2. The molecule has 5 rings (SSSR count). The zero-order valence-corrected chi connectivity index (χ0v) is 19.3. The third-order valence-electron chi connectivity index (χ3n) is 6.66. The highest BCUT2D eigenvalue weighted by molar-refractivity contribution is 6.01. The molecular formula is C26H31N5O4. The maximum Gasteiger partial charge on any atom is 0.269 e. The molecule has 35 heavy (non-hydrogen) atoms. The Balaban J connectivity index is 0.00000289. The Labute approximate surface area is 204 Å². The first-order chi connectivity index (χ1) is 16.5. The van der Waals surface area contributed by atoms with Crippen molar-refractivity contribution in [2.45, 2.75) is 33.2 Å². The molecule has 1 atom stereocenters. The number of anilines is 1. The molecule has 1 aromatic carbocycles. The number of pyridine rings is 2. The van der Waals surface area contributed by atoms with Crippen LogP contribution in [-0.4, -0.2) is 66.0 Å². The summed E-state index contributed by atoms with van der Waals surface area (Å²) in [6.45, 7) is 4.29. The highest BCUT2D eigenvalue weighted by Gasteiger charge is 2.34. The molecule has 184 valence electrons. The fourth-order valence-corrected chi connectivity index (χ4v) is 4.73. The highest BCUT2D eigenvalue weighted by Crippen LogP contribution is 2.31. The van der Waals surface area contributed by atoms with Gasteiger partial charge < -0.3 is 24.8 Å². The zero-order valence-electron chi connectivity index (χ0n) is 19.3. The number of rotatable bonds is 3. The van der Waals surface area contributed by atoms with Gasteiger partial charge in [0.15, 0.2) is 0 Å². The molecule has 2 amide bonds. The molecule has 0 saturated carbocycles. The van der Waals surface area contributed by atoms with Crippen molar-refractivity contribution >= 4 is 28.4 Å². The molecule has 2 aliphatic rings. The lowest BCUT2D eigenvalue weighted by Gasteiger charge is -2.43. The number of benzene rings is 1. The molecule has 4 heterocycles. The Morgan fingerprint density at radius 3 is 2.77 bits per heavy atom. The van der Waals surface area contributed by atoms with Crippen LogP contribution in [-0.2, 0) is 6.42 Å². The molecule has 9 nitrogen and oxygen atoms in total. The number of piperazine rings is 1. The second-order valence-electron chi connectivity index (χ2n) is 8.63. The lowest BCUT2D eigenvalue weighted by molar-refractivity contribution is 0.0600. The van der Waals surface area contributed by atoms with Crippen molar-refractivity contribution in [2.75, 3.05) is 38.2 Å². The van der Waals surface area contributed by atoms with Crippen molar-refractivity contribution in [2.24, 2.45) is 0 Å². The fraction of sp³-hybridized carbons (Fsp3) is 0.385. The van der Waals surface area contributed by atoms with E-state index in [0.29, 0.717) is 67.2 Å². The molecule has 0 unspecified atom stereocenters. The number of nitrogens with one attached hydrogen (secondary N) is 2. The standard InChI is InChI=1S/C25H27N5O4.CH4/c1-3-15-10-16-11-22-19(12-21(16)28-23(15)31)25(33)30-8-7-29(14-18(30)6-9-34-22)17-4-5-20(27-13-17)24(32)26-2;/h4-5,10-13,18H,3,6-9,14H2,1-2H3,(H,26,32)(H,28,31);1H4/t18-;/m1./s1. The topological polar surface area (TPSA) is 108 Å². The summed E-state index contributed by atoms with van der Waals surface area (Å²) in [6.07, 6.45) is 3.04. The van der Waals surface area contributed by atoms with E-state index in [-0.39, 0.29) is 30.8 Å². The first kappa shape index (κ1) is 24.3. The van der Waals surface area contributed by atoms with E-state index >= 15 is 0 Å². The monoisotopic (exact) mass is 477 g/mol. The summed E-state index contributed by atoms with van der Waals surface area (Å²) in [4.78, 5) is 48.9. The largest absolute Gasteiger partial charge is 0.493 e. The number of aromatic amines is 1. The van der Waals surface area contributed by atoms with Crippen molar-refractivity contribution in [1.29, 1.82) is 0 Å². The Kier molecular flexibility index (Phi) is 6.77. The Hall–Kier alpha value is -3.88. The van der Waals surface area contributed by atoms with Crippen LogP contribution in [0.5, 0.6) is 5.75 Å². The SMILES string of the molecule is C.CCc1cc2cc3c(cc2[nH]c1=O)C(=O)N1CCN(c2ccc(C(=O)NC)nc2)C[C@H]1CCO3. The summed E-state index contributed by atoms with van der Waals surface area (Å²) in [5.74, 6) is 0.244. The molecule has 1 fully saturated rings. The molecule has 0 radical (unpaired) electrons. The molecular weight excluding hydrogens is 446 g/mol. The number of amides is 2. The third-order valence-corrected chi connectivity index (χ3v) is 6.66. The van der Waals surface area contributed by atoms with Crippen molar-refractivity contribution in [1.82, 2.24) is 20.2 Å².